The van der Waals surface area contributed by atoms with Crippen molar-refractivity contribution in [2.75, 3.05) is 31.6 Å². The number of hydrogen-bond acceptors (Lipinski definition) is 4. The van der Waals surface area contributed by atoms with E-state index in [-0.39, 0.29) is 5.91 Å². The Hall–Kier alpha value is -1.62. The molecule has 0 radical (unpaired) electrons. The second-order valence-electron chi connectivity index (χ2n) is 4.93. The van der Waals surface area contributed by atoms with Gasteiger partial charge in [-0.15, -0.1) is 0 Å². The van der Waals surface area contributed by atoms with Gasteiger partial charge in [-0.3, -0.25) is 9.78 Å². The van der Waals surface area contributed by atoms with Crippen molar-refractivity contribution in [2.24, 2.45) is 0 Å². The van der Waals surface area contributed by atoms with Gasteiger partial charge in [0.1, 0.15) is 5.69 Å². The van der Waals surface area contributed by atoms with Crippen molar-refractivity contribution in [2.45, 2.75) is 25.8 Å². The highest BCUT2D eigenvalue weighted by atomic mass is 16.1. The first-order chi connectivity index (χ1) is 9.20. The molecule has 19 heavy (non-hydrogen) atoms. The topological polar surface area (TPSA) is 57.3 Å². The Balaban J connectivity index is 2.02. The molecule has 0 saturated carbocycles. The molecule has 1 fully saturated rings. The number of hydrogen-bond donors (Lipinski definition) is 2. The molecule has 1 unspecified atom stereocenters. The number of nitrogens with zero attached hydrogens (tertiary/aromatic N) is 2. The largest absolute Gasteiger partial charge is 0.373 e. The van der Waals surface area contributed by atoms with Crippen molar-refractivity contribution in [1.82, 2.24) is 15.6 Å². The summed E-state index contributed by atoms with van der Waals surface area (Å²) in [6.07, 6.45) is 4.16. The summed E-state index contributed by atoms with van der Waals surface area (Å²) in [5.41, 5.74) is 1.51. The summed E-state index contributed by atoms with van der Waals surface area (Å²) < 4.78 is 0. The van der Waals surface area contributed by atoms with Gasteiger partial charge in [0, 0.05) is 38.1 Å². The first-order valence-electron chi connectivity index (χ1n) is 6.89. The number of anilines is 1. The van der Waals surface area contributed by atoms with Crippen molar-refractivity contribution < 1.29 is 4.79 Å². The lowest BCUT2D eigenvalue weighted by Crippen LogP contribution is -2.35. The van der Waals surface area contributed by atoms with Gasteiger partial charge in [0.2, 0.25) is 0 Å². The van der Waals surface area contributed by atoms with Crippen molar-refractivity contribution in [3.8, 4) is 0 Å². The van der Waals surface area contributed by atoms with Crippen LogP contribution in [-0.2, 0) is 0 Å². The van der Waals surface area contributed by atoms with Gasteiger partial charge in [-0.1, -0.05) is 0 Å². The zero-order valence-electron chi connectivity index (χ0n) is 11.6. The number of carbonyl (C=O) groups is 1. The van der Waals surface area contributed by atoms with Gasteiger partial charge < -0.3 is 15.5 Å². The van der Waals surface area contributed by atoms with Crippen LogP contribution in [0.2, 0.25) is 0 Å². The van der Waals surface area contributed by atoms with Crippen LogP contribution in [0, 0.1) is 0 Å². The van der Waals surface area contributed by atoms with Gasteiger partial charge in [-0.25, -0.2) is 0 Å². The van der Waals surface area contributed by atoms with Gasteiger partial charge in [-0.2, -0.15) is 0 Å². The van der Waals surface area contributed by atoms with E-state index in [2.05, 4.69) is 27.6 Å². The smallest absolute Gasteiger partial charge is 0.269 e. The molecule has 1 amide bonds. The Morgan fingerprint density at radius 1 is 1.63 bits per heavy atom. The van der Waals surface area contributed by atoms with Crippen molar-refractivity contribution >= 4 is 11.6 Å². The molecular formula is C14H22N4O. The predicted molar refractivity (Wildman–Crippen MR) is 76.5 cm³/mol. The number of nitrogens with one attached hydrogen (secondary N) is 2. The van der Waals surface area contributed by atoms with E-state index in [0.29, 0.717) is 18.3 Å². The molecule has 0 aromatic carbocycles. The molecule has 0 aliphatic carbocycles. The van der Waals surface area contributed by atoms with Crippen LogP contribution >= 0.6 is 0 Å². The van der Waals surface area contributed by atoms with Crippen molar-refractivity contribution in [3.05, 3.63) is 24.0 Å². The van der Waals surface area contributed by atoms with Gasteiger partial charge in [0.15, 0.2) is 0 Å². The fourth-order valence-corrected chi connectivity index (χ4v) is 2.38. The standard InChI is InChI=1S/C14H22N4O/c1-3-15-14(19)13-9-12(6-8-17-13)18(2)10-11-5-4-7-16-11/h6,8-9,11,16H,3-5,7,10H2,1-2H3,(H,15,19). The molecule has 2 heterocycles. The van der Waals surface area contributed by atoms with Gasteiger partial charge in [0.25, 0.3) is 5.91 Å². The highest BCUT2D eigenvalue weighted by molar-refractivity contribution is 5.93. The fourth-order valence-electron chi connectivity index (χ4n) is 2.38. The minimum atomic E-state index is -0.114. The van der Waals surface area contributed by atoms with Crippen molar-refractivity contribution in [3.63, 3.8) is 0 Å². The molecule has 2 N–H and O–H groups in total. The first-order valence-corrected chi connectivity index (χ1v) is 6.89. The molecule has 2 rings (SSSR count). The van der Waals surface area contributed by atoms with Crippen LogP contribution in [0.4, 0.5) is 5.69 Å². The van der Waals surface area contributed by atoms with Crippen LogP contribution in [0.25, 0.3) is 0 Å². The monoisotopic (exact) mass is 262 g/mol. The molecule has 5 nitrogen and oxygen atoms in total. The third-order valence-electron chi connectivity index (χ3n) is 3.41. The maximum absolute atomic E-state index is 11.8. The molecule has 0 bridgehead atoms. The zero-order chi connectivity index (χ0) is 13.7. The van der Waals surface area contributed by atoms with E-state index in [1.807, 2.05) is 19.1 Å². The van der Waals surface area contributed by atoms with E-state index < -0.39 is 0 Å². The number of amides is 1. The van der Waals surface area contributed by atoms with E-state index in [1.54, 1.807) is 6.20 Å². The molecule has 5 heteroatoms. The molecule has 1 aromatic rings. The van der Waals surface area contributed by atoms with Crippen LogP contribution < -0.4 is 15.5 Å². The second kappa shape index (κ2) is 6.52. The highest BCUT2D eigenvalue weighted by Gasteiger charge is 2.17. The molecule has 0 spiro atoms. The third-order valence-corrected chi connectivity index (χ3v) is 3.41. The minimum Gasteiger partial charge on any atom is -0.373 e. The lowest BCUT2D eigenvalue weighted by Gasteiger charge is -2.23. The van der Waals surface area contributed by atoms with Crippen LogP contribution in [0.1, 0.15) is 30.3 Å². The lowest BCUT2D eigenvalue weighted by molar-refractivity contribution is 0.0951. The lowest BCUT2D eigenvalue weighted by atomic mass is 10.2. The number of aromatic nitrogens is 1. The van der Waals surface area contributed by atoms with Crippen LogP contribution in [-0.4, -0.2) is 43.6 Å². The molecule has 1 atom stereocenters. The number of likely N-dealkylation sites (N-methyl/N-ethyl adjacent to an activating group) is 1. The van der Waals surface area contributed by atoms with Crippen molar-refractivity contribution in [1.29, 1.82) is 0 Å². The van der Waals surface area contributed by atoms with Crippen LogP contribution in [0.15, 0.2) is 18.3 Å². The van der Waals surface area contributed by atoms with E-state index in [9.17, 15) is 4.79 Å². The Morgan fingerprint density at radius 2 is 2.47 bits per heavy atom. The highest BCUT2D eigenvalue weighted by Crippen LogP contribution is 2.15. The maximum Gasteiger partial charge on any atom is 0.269 e. The Kier molecular flexibility index (Phi) is 4.74. The summed E-state index contributed by atoms with van der Waals surface area (Å²) in [7, 11) is 2.05. The average Bonchev–Trinajstić information content (AvgIpc) is 2.92. The van der Waals surface area contributed by atoms with E-state index >= 15 is 0 Å². The maximum atomic E-state index is 11.8. The summed E-state index contributed by atoms with van der Waals surface area (Å²) in [6.45, 7) is 4.59. The van der Waals surface area contributed by atoms with Crippen LogP contribution in [0.3, 0.4) is 0 Å². The van der Waals surface area contributed by atoms with Crippen LogP contribution in [0.5, 0.6) is 0 Å². The molecule has 1 saturated heterocycles. The molecular weight excluding hydrogens is 240 g/mol. The molecule has 1 aliphatic rings. The SMILES string of the molecule is CCNC(=O)c1cc(N(C)CC2CCCN2)ccn1. The third kappa shape index (κ3) is 3.67. The summed E-state index contributed by atoms with van der Waals surface area (Å²) in [5.74, 6) is -0.114. The quantitative estimate of drug-likeness (QED) is 0.832. The van der Waals surface area contributed by atoms with E-state index in [0.717, 1.165) is 18.8 Å². The second-order valence-corrected chi connectivity index (χ2v) is 4.93. The summed E-state index contributed by atoms with van der Waals surface area (Å²) in [4.78, 5) is 18.1. The summed E-state index contributed by atoms with van der Waals surface area (Å²) in [5, 5.41) is 6.25. The Bertz CT molecular complexity index is 429. The fraction of sp³-hybridized carbons (Fsp3) is 0.571. The number of pyridine rings is 1. The first kappa shape index (κ1) is 13.8. The average molecular weight is 262 g/mol. The van der Waals surface area contributed by atoms with Gasteiger partial charge in [0.05, 0.1) is 0 Å². The Labute approximate surface area is 114 Å². The van der Waals surface area contributed by atoms with E-state index in [4.69, 9.17) is 0 Å². The normalized spacial score (nSPS) is 18.3. The van der Waals surface area contributed by atoms with Gasteiger partial charge in [-0.05, 0) is 38.4 Å². The summed E-state index contributed by atoms with van der Waals surface area (Å²) >= 11 is 0. The van der Waals surface area contributed by atoms with Gasteiger partial charge >= 0.3 is 0 Å². The Morgan fingerprint density at radius 3 is 3.16 bits per heavy atom. The number of carbonyl (C=O) groups excluding carboxylic acids is 1. The molecule has 1 aromatic heterocycles. The molecule has 104 valence electrons. The summed E-state index contributed by atoms with van der Waals surface area (Å²) in [6, 6.07) is 4.34. The zero-order valence-corrected chi connectivity index (χ0v) is 11.6. The molecule has 1 aliphatic heterocycles. The number of rotatable bonds is 5. The predicted octanol–water partition coefficient (Wildman–Crippen LogP) is 1.02. The van der Waals surface area contributed by atoms with E-state index in [1.165, 1.54) is 12.8 Å². The minimum absolute atomic E-state index is 0.114.